The summed E-state index contributed by atoms with van der Waals surface area (Å²) in [6.45, 7) is 2.69. The van der Waals surface area contributed by atoms with Gasteiger partial charge in [-0.1, -0.05) is 6.07 Å². The highest BCUT2D eigenvalue weighted by atomic mass is 32.1. The standard InChI is InChI=1S/C12H14N4OS/c1-8-14-6-11(18-8)7-15-9-3-2-4-10(5-9)16-12(13)17/h2-6,15H,7H2,1H3,(H3,13,16,17). The third-order valence-corrected chi connectivity index (χ3v) is 3.18. The summed E-state index contributed by atoms with van der Waals surface area (Å²) in [5, 5.41) is 6.85. The van der Waals surface area contributed by atoms with Crippen LogP contribution in [-0.2, 0) is 6.54 Å². The van der Waals surface area contributed by atoms with Gasteiger partial charge < -0.3 is 16.4 Å². The first-order valence-corrected chi connectivity index (χ1v) is 6.27. The van der Waals surface area contributed by atoms with Crippen LogP contribution in [0.1, 0.15) is 9.88 Å². The van der Waals surface area contributed by atoms with E-state index in [-0.39, 0.29) is 0 Å². The molecule has 0 bridgehead atoms. The minimum absolute atomic E-state index is 0.565. The number of carbonyl (C=O) groups excluding carboxylic acids is 1. The SMILES string of the molecule is Cc1ncc(CNc2cccc(NC(N)=O)c2)s1. The highest BCUT2D eigenvalue weighted by Gasteiger charge is 2.00. The number of aromatic nitrogens is 1. The van der Waals surface area contributed by atoms with Crippen LogP contribution in [0.5, 0.6) is 0 Å². The Labute approximate surface area is 109 Å². The van der Waals surface area contributed by atoms with E-state index in [0.717, 1.165) is 10.7 Å². The third kappa shape index (κ3) is 3.46. The fraction of sp³-hybridized carbons (Fsp3) is 0.167. The van der Waals surface area contributed by atoms with E-state index < -0.39 is 6.03 Å². The minimum Gasteiger partial charge on any atom is -0.380 e. The van der Waals surface area contributed by atoms with Crippen molar-refractivity contribution < 1.29 is 4.79 Å². The molecule has 0 atom stereocenters. The van der Waals surface area contributed by atoms with Crippen molar-refractivity contribution in [2.75, 3.05) is 10.6 Å². The molecule has 0 spiro atoms. The molecule has 0 unspecified atom stereocenters. The van der Waals surface area contributed by atoms with Crippen molar-refractivity contribution in [2.45, 2.75) is 13.5 Å². The Balaban J connectivity index is 1.98. The minimum atomic E-state index is -0.565. The van der Waals surface area contributed by atoms with Crippen LogP contribution < -0.4 is 16.4 Å². The molecule has 1 aromatic heterocycles. The summed E-state index contributed by atoms with van der Waals surface area (Å²) >= 11 is 1.66. The van der Waals surface area contributed by atoms with Crippen LogP contribution in [0.15, 0.2) is 30.5 Å². The predicted octanol–water partition coefficient (Wildman–Crippen LogP) is 2.55. The van der Waals surface area contributed by atoms with Crippen LogP contribution in [-0.4, -0.2) is 11.0 Å². The number of primary amides is 1. The van der Waals surface area contributed by atoms with Crippen molar-refractivity contribution in [3.05, 3.63) is 40.3 Å². The molecule has 6 heteroatoms. The number of nitrogens with one attached hydrogen (secondary N) is 2. The molecule has 0 saturated carbocycles. The second-order valence-corrected chi connectivity index (χ2v) is 5.09. The number of anilines is 2. The maximum atomic E-state index is 10.7. The van der Waals surface area contributed by atoms with E-state index in [1.54, 1.807) is 17.4 Å². The Bertz CT molecular complexity index is 553. The van der Waals surface area contributed by atoms with Crippen molar-refractivity contribution in [2.24, 2.45) is 5.73 Å². The molecule has 0 aliphatic heterocycles. The highest BCUT2D eigenvalue weighted by molar-refractivity contribution is 7.11. The van der Waals surface area contributed by atoms with Gasteiger partial charge in [0.1, 0.15) is 0 Å². The Kier molecular flexibility index (Phi) is 3.78. The Morgan fingerprint density at radius 1 is 1.44 bits per heavy atom. The molecule has 1 heterocycles. The first-order valence-electron chi connectivity index (χ1n) is 5.45. The van der Waals surface area contributed by atoms with Crippen LogP contribution in [0.3, 0.4) is 0 Å². The molecule has 0 radical (unpaired) electrons. The van der Waals surface area contributed by atoms with Gasteiger partial charge in [-0.3, -0.25) is 0 Å². The fourth-order valence-corrected chi connectivity index (χ4v) is 2.26. The zero-order valence-electron chi connectivity index (χ0n) is 9.93. The first kappa shape index (κ1) is 12.4. The molecule has 0 aliphatic rings. The van der Waals surface area contributed by atoms with Crippen molar-refractivity contribution in [3.8, 4) is 0 Å². The van der Waals surface area contributed by atoms with E-state index in [1.165, 1.54) is 4.88 Å². The number of hydrogen-bond donors (Lipinski definition) is 3. The summed E-state index contributed by atoms with van der Waals surface area (Å²) in [7, 11) is 0. The number of aryl methyl sites for hydroxylation is 1. The average Bonchev–Trinajstić information content (AvgIpc) is 2.72. The van der Waals surface area contributed by atoms with Crippen LogP contribution >= 0.6 is 11.3 Å². The van der Waals surface area contributed by atoms with Crippen LogP contribution in [0, 0.1) is 6.92 Å². The molecule has 1 aromatic carbocycles. The molecule has 5 nitrogen and oxygen atoms in total. The monoisotopic (exact) mass is 262 g/mol. The molecule has 4 N–H and O–H groups in total. The van der Waals surface area contributed by atoms with Crippen LogP contribution in [0.4, 0.5) is 16.2 Å². The van der Waals surface area contributed by atoms with Crippen LogP contribution in [0.2, 0.25) is 0 Å². The van der Waals surface area contributed by atoms with Gasteiger partial charge in [0, 0.05) is 22.4 Å². The smallest absolute Gasteiger partial charge is 0.316 e. The van der Waals surface area contributed by atoms with Gasteiger partial charge in [-0.25, -0.2) is 9.78 Å². The van der Waals surface area contributed by atoms with E-state index in [0.29, 0.717) is 12.2 Å². The van der Waals surface area contributed by atoms with Crippen molar-refractivity contribution >= 4 is 28.7 Å². The second-order valence-electron chi connectivity index (χ2n) is 3.77. The molecular formula is C12H14N4OS. The van der Waals surface area contributed by atoms with Gasteiger partial charge in [0.05, 0.1) is 11.6 Å². The van der Waals surface area contributed by atoms with E-state index in [1.807, 2.05) is 31.3 Å². The second kappa shape index (κ2) is 5.50. The van der Waals surface area contributed by atoms with Gasteiger partial charge in [0.2, 0.25) is 0 Å². The summed E-state index contributed by atoms with van der Waals surface area (Å²) in [5.74, 6) is 0. The van der Waals surface area contributed by atoms with E-state index in [4.69, 9.17) is 5.73 Å². The lowest BCUT2D eigenvalue weighted by Gasteiger charge is -2.07. The molecule has 94 valence electrons. The van der Waals surface area contributed by atoms with E-state index >= 15 is 0 Å². The summed E-state index contributed by atoms with van der Waals surface area (Å²) < 4.78 is 0. The summed E-state index contributed by atoms with van der Waals surface area (Å²) in [6.07, 6.45) is 1.86. The molecule has 2 amide bonds. The largest absolute Gasteiger partial charge is 0.380 e. The topological polar surface area (TPSA) is 80.0 Å². The Hall–Kier alpha value is -2.08. The van der Waals surface area contributed by atoms with Gasteiger partial charge in [-0.2, -0.15) is 0 Å². The number of amides is 2. The molecule has 18 heavy (non-hydrogen) atoms. The zero-order chi connectivity index (χ0) is 13.0. The number of rotatable bonds is 4. The lowest BCUT2D eigenvalue weighted by atomic mass is 10.2. The highest BCUT2D eigenvalue weighted by Crippen LogP contribution is 2.17. The van der Waals surface area contributed by atoms with Gasteiger partial charge in [-0.15, -0.1) is 11.3 Å². The van der Waals surface area contributed by atoms with Gasteiger partial charge >= 0.3 is 6.03 Å². The molecule has 2 rings (SSSR count). The number of hydrogen-bond acceptors (Lipinski definition) is 4. The van der Waals surface area contributed by atoms with E-state index in [2.05, 4.69) is 15.6 Å². The zero-order valence-corrected chi connectivity index (χ0v) is 10.8. The van der Waals surface area contributed by atoms with Gasteiger partial charge in [0.15, 0.2) is 0 Å². The first-order chi connectivity index (χ1) is 8.63. The molecule has 0 saturated heterocycles. The van der Waals surface area contributed by atoms with Crippen molar-refractivity contribution in [1.82, 2.24) is 4.98 Å². The summed E-state index contributed by atoms with van der Waals surface area (Å²) in [4.78, 5) is 16.1. The van der Waals surface area contributed by atoms with Crippen molar-refractivity contribution in [1.29, 1.82) is 0 Å². The quantitative estimate of drug-likeness (QED) is 0.792. The molecule has 2 aromatic rings. The molecular weight excluding hydrogens is 248 g/mol. The van der Waals surface area contributed by atoms with Gasteiger partial charge in [-0.05, 0) is 25.1 Å². The fourth-order valence-electron chi connectivity index (χ4n) is 1.53. The van der Waals surface area contributed by atoms with E-state index in [9.17, 15) is 4.79 Å². The van der Waals surface area contributed by atoms with Gasteiger partial charge in [0.25, 0.3) is 0 Å². The maximum absolute atomic E-state index is 10.7. The normalized spacial score (nSPS) is 10.1. The third-order valence-electron chi connectivity index (χ3n) is 2.27. The Morgan fingerprint density at radius 2 is 2.22 bits per heavy atom. The number of benzene rings is 1. The number of carbonyl (C=O) groups is 1. The van der Waals surface area contributed by atoms with Crippen molar-refractivity contribution in [3.63, 3.8) is 0 Å². The maximum Gasteiger partial charge on any atom is 0.316 e. The lowest BCUT2D eigenvalue weighted by molar-refractivity contribution is 0.259. The predicted molar refractivity (Wildman–Crippen MR) is 73.8 cm³/mol. The number of thiazole rings is 1. The number of nitrogens with two attached hydrogens (primary N) is 1. The molecule has 0 fully saturated rings. The summed E-state index contributed by atoms with van der Waals surface area (Å²) in [6, 6.07) is 6.84. The van der Waals surface area contributed by atoms with Crippen LogP contribution in [0.25, 0.3) is 0 Å². The number of urea groups is 1. The summed E-state index contributed by atoms with van der Waals surface area (Å²) in [5.41, 5.74) is 6.66. The average molecular weight is 262 g/mol. The molecule has 0 aliphatic carbocycles. The lowest BCUT2D eigenvalue weighted by Crippen LogP contribution is -2.19. The Morgan fingerprint density at radius 3 is 2.89 bits per heavy atom. The number of nitrogens with zero attached hydrogens (tertiary/aromatic N) is 1.